The molecule has 0 aliphatic carbocycles. The molecule has 92 valence electrons. The molecule has 0 spiro atoms. The Labute approximate surface area is 99.4 Å². The van der Waals surface area contributed by atoms with E-state index in [0.29, 0.717) is 6.04 Å². The molecule has 1 unspecified atom stereocenters. The van der Waals surface area contributed by atoms with Crippen molar-refractivity contribution in [3.05, 3.63) is 23.7 Å². The molecule has 0 saturated heterocycles. The summed E-state index contributed by atoms with van der Waals surface area (Å²) in [6, 6.07) is 2.42. The summed E-state index contributed by atoms with van der Waals surface area (Å²) in [5.41, 5.74) is 1.26. The van der Waals surface area contributed by atoms with E-state index < -0.39 is 0 Å². The lowest BCUT2D eigenvalue weighted by Gasteiger charge is -2.14. The minimum atomic E-state index is 0.386. The molecule has 1 N–H and O–H groups in total. The van der Waals surface area contributed by atoms with E-state index in [1.807, 2.05) is 13.1 Å². The van der Waals surface area contributed by atoms with Crippen molar-refractivity contribution in [2.24, 2.45) is 0 Å². The van der Waals surface area contributed by atoms with E-state index in [-0.39, 0.29) is 0 Å². The van der Waals surface area contributed by atoms with Crippen LogP contribution in [0.2, 0.25) is 0 Å². The summed E-state index contributed by atoms with van der Waals surface area (Å²) < 4.78 is 5.53. The molecule has 0 amide bonds. The Balaban J connectivity index is 2.30. The zero-order chi connectivity index (χ0) is 11.8. The van der Waals surface area contributed by atoms with Crippen LogP contribution in [-0.2, 0) is 0 Å². The van der Waals surface area contributed by atoms with Crippen molar-refractivity contribution in [2.45, 2.75) is 58.4 Å². The van der Waals surface area contributed by atoms with Gasteiger partial charge in [0.25, 0.3) is 0 Å². The highest BCUT2D eigenvalue weighted by atomic mass is 16.3. The van der Waals surface area contributed by atoms with Gasteiger partial charge in [-0.15, -0.1) is 0 Å². The zero-order valence-electron chi connectivity index (χ0n) is 10.9. The molecule has 2 nitrogen and oxygen atoms in total. The summed E-state index contributed by atoms with van der Waals surface area (Å²) in [4.78, 5) is 0. The maximum atomic E-state index is 5.53. The number of rotatable bonds is 8. The molecule has 0 aromatic carbocycles. The van der Waals surface area contributed by atoms with E-state index in [2.05, 4.69) is 19.2 Å². The predicted molar refractivity (Wildman–Crippen MR) is 68.6 cm³/mol. The van der Waals surface area contributed by atoms with Crippen LogP contribution in [0.4, 0.5) is 0 Å². The van der Waals surface area contributed by atoms with Crippen molar-refractivity contribution in [2.75, 3.05) is 7.05 Å². The second kappa shape index (κ2) is 7.50. The molecule has 0 fully saturated rings. The lowest BCUT2D eigenvalue weighted by Crippen LogP contribution is -2.16. The first-order chi connectivity index (χ1) is 7.79. The lowest BCUT2D eigenvalue weighted by molar-refractivity contribution is 0.399. The molecular formula is C14H25NO. The standard InChI is InChI=1S/C14H25NO/c1-4-5-6-7-8-9-13(15-3)14-12(2)10-11-16-14/h10-11,13,15H,4-9H2,1-3H3. The van der Waals surface area contributed by atoms with Crippen molar-refractivity contribution in [3.63, 3.8) is 0 Å². The van der Waals surface area contributed by atoms with Crippen LogP contribution in [-0.4, -0.2) is 7.05 Å². The Kier molecular flexibility index (Phi) is 6.24. The van der Waals surface area contributed by atoms with E-state index in [1.54, 1.807) is 6.26 Å². The maximum absolute atomic E-state index is 5.53. The minimum absolute atomic E-state index is 0.386. The first kappa shape index (κ1) is 13.3. The average Bonchev–Trinajstić information content (AvgIpc) is 2.70. The SMILES string of the molecule is CCCCCCCC(NC)c1occc1C. The van der Waals surface area contributed by atoms with Gasteiger partial charge in [0.1, 0.15) is 5.76 Å². The molecule has 0 saturated carbocycles. The van der Waals surface area contributed by atoms with Gasteiger partial charge in [-0.25, -0.2) is 0 Å². The fraction of sp³-hybridized carbons (Fsp3) is 0.714. The molecule has 0 radical (unpaired) electrons. The summed E-state index contributed by atoms with van der Waals surface area (Å²) in [5.74, 6) is 1.11. The predicted octanol–water partition coefficient (Wildman–Crippen LogP) is 4.21. The topological polar surface area (TPSA) is 25.2 Å². The highest BCUT2D eigenvalue weighted by molar-refractivity contribution is 5.17. The number of hydrogen-bond donors (Lipinski definition) is 1. The summed E-state index contributed by atoms with van der Waals surface area (Å²) in [6.45, 7) is 4.36. The smallest absolute Gasteiger partial charge is 0.123 e. The van der Waals surface area contributed by atoms with E-state index in [0.717, 1.165) is 5.76 Å². The quantitative estimate of drug-likeness (QED) is 0.668. The van der Waals surface area contributed by atoms with Gasteiger partial charge in [-0.1, -0.05) is 39.0 Å². The minimum Gasteiger partial charge on any atom is -0.467 e. The zero-order valence-corrected chi connectivity index (χ0v) is 10.9. The first-order valence-electron chi connectivity index (χ1n) is 6.50. The van der Waals surface area contributed by atoms with E-state index >= 15 is 0 Å². The fourth-order valence-corrected chi connectivity index (χ4v) is 2.10. The second-order valence-corrected chi connectivity index (χ2v) is 4.51. The maximum Gasteiger partial charge on any atom is 0.123 e. The van der Waals surface area contributed by atoms with Crippen molar-refractivity contribution in [3.8, 4) is 0 Å². The molecule has 2 heteroatoms. The van der Waals surface area contributed by atoms with E-state index in [4.69, 9.17) is 4.42 Å². The highest BCUT2D eigenvalue weighted by Gasteiger charge is 2.14. The van der Waals surface area contributed by atoms with Gasteiger partial charge < -0.3 is 9.73 Å². The van der Waals surface area contributed by atoms with Crippen molar-refractivity contribution in [1.29, 1.82) is 0 Å². The van der Waals surface area contributed by atoms with Gasteiger partial charge in [-0.3, -0.25) is 0 Å². The molecular weight excluding hydrogens is 198 g/mol. The fourth-order valence-electron chi connectivity index (χ4n) is 2.10. The van der Waals surface area contributed by atoms with Gasteiger partial charge in [-0.05, 0) is 32.0 Å². The van der Waals surface area contributed by atoms with Crippen LogP contribution in [0, 0.1) is 6.92 Å². The van der Waals surface area contributed by atoms with Gasteiger partial charge in [-0.2, -0.15) is 0 Å². The molecule has 1 atom stereocenters. The van der Waals surface area contributed by atoms with E-state index in [1.165, 1.54) is 44.1 Å². The second-order valence-electron chi connectivity index (χ2n) is 4.51. The number of unbranched alkanes of at least 4 members (excludes halogenated alkanes) is 4. The number of nitrogens with one attached hydrogen (secondary N) is 1. The Morgan fingerprint density at radius 2 is 2.00 bits per heavy atom. The Morgan fingerprint density at radius 1 is 1.25 bits per heavy atom. The van der Waals surface area contributed by atoms with E-state index in [9.17, 15) is 0 Å². The van der Waals surface area contributed by atoms with Crippen molar-refractivity contribution in [1.82, 2.24) is 5.32 Å². The molecule has 1 aromatic heterocycles. The van der Waals surface area contributed by atoms with Gasteiger partial charge in [0.2, 0.25) is 0 Å². The third-order valence-electron chi connectivity index (χ3n) is 3.16. The Bertz CT molecular complexity index is 280. The monoisotopic (exact) mass is 223 g/mol. The Hall–Kier alpha value is -0.760. The molecule has 0 aliphatic heterocycles. The molecule has 1 heterocycles. The summed E-state index contributed by atoms with van der Waals surface area (Å²) in [5, 5.41) is 3.34. The van der Waals surface area contributed by atoms with Crippen LogP contribution < -0.4 is 5.32 Å². The van der Waals surface area contributed by atoms with Crippen molar-refractivity contribution >= 4 is 0 Å². The summed E-state index contributed by atoms with van der Waals surface area (Å²) in [6.07, 6.45) is 9.62. The van der Waals surface area contributed by atoms with Crippen molar-refractivity contribution < 1.29 is 4.42 Å². The summed E-state index contributed by atoms with van der Waals surface area (Å²) >= 11 is 0. The van der Waals surface area contributed by atoms with Crippen LogP contribution >= 0.6 is 0 Å². The van der Waals surface area contributed by atoms with Gasteiger partial charge in [0, 0.05) is 0 Å². The highest BCUT2D eigenvalue weighted by Crippen LogP contribution is 2.23. The van der Waals surface area contributed by atoms with Gasteiger partial charge >= 0.3 is 0 Å². The molecule has 1 rings (SSSR count). The van der Waals surface area contributed by atoms with Crippen LogP contribution in [0.25, 0.3) is 0 Å². The molecule has 0 bridgehead atoms. The normalized spacial score (nSPS) is 12.9. The third kappa shape index (κ3) is 4.01. The average molecular weight is 223 g/mol. The molecule has 0 aliphatic rings. The lowest BCUT2D eigenvalue weighted by atomic mass is 10.0. The first-order valence-corrected chi connectivity index (χ1v) is 6.50. The summed E-state index contributed by atoms with van der Waals surface area (Å²) in [7, 11) is 2.01. The Morgan fingerprint density at radius 3 is 2.56 bits per heavy atom. The molecule has 16 heavy (non-hydrogen) atoms. The third-order valence-corrected chi connectivity index (χ3v) is 3.16. The van der Waals surface area contributed by atoms with Gasteiger partial charge in [0.15, 0.2) is 0 Å². The van der Waals surface area contributed by atoms with Crippen LogP contribution in [0.3, 0.4) is 0 Å². The molecule has 1 aromatic rings. The number of hydrogen-bond acceptors (Lipinski definition) is 2. The number of aryl methyl sites for hydroxylation is 1. The van der Waals surface area contributed by atoms with Crippen LogP contribution in [0.5, 0.6) is 0 Å². The van der Waals surface area contributed by atoms with Crippen LogP contribution in [0.1, 0.15) is 62.8 Å². The van der Waals surface area contributed by atoms with Crippen LogP contribution in [0.15, 0.2) is 16.7 Å². The largest absolute Gasteiger partial charge is 0.467 e. The number of furan rings is 1. The van der Waals surface area contributed by atoms with Gasteiger partial charge in [0.05, 0.1) is 12.3 Å².